The van der Waals surface area contributed by atoms with Gasteiger partial charge in [-0.15, -0.1) is 0 Å². The molecule has 0 spiro atoms. The van der Waals surface area contributed by atoms with Gasteiger partial charge in [0.25, 0.3) is 0 Å². The summed E-state index contributed by atoms with van der Waals surface area (Å²) in [5.41, 5.74) is 6.07. The first kappa shape index (κ1) is 11.8. The van der Waals surface area contributed by atoms with Gasteiger partial charge in [-0.2, -0.15) is 0 Å². The summed E-state index contributed by atoms with van der Waals surface area (Å²) in [6.45, 7) is 0.0772. The van der Waals surface area contributed by atoms with Gasteiger partial charge in [0, 0.05) is 6.54 Å². The highest BCUT2D eigenvalue weighted by Crippen LogP contribution is 2.24. The van der Waals surface area contributed by atoms with Crippen LogP contribution in [0.1, 0.15) is 5.56 Å². The molecule has 0 aromatic heterocycles. The highest BCUT2D eigenvalue weighted by molar-refractivity contribution is 6.32. The van der Waals surface area contributed by atoms with Crippen molar-refractivity contribution in [2.45, 2.75) is 6.42 Å². The molecule has 0 amide bonds. The van der Waals surface area contributed by atoms with Crippen LogP contribution in [0.25, 0.3) is 0 Å². The van der Waals surface area contributed by atoms with Gasteiger partial charge in [-0.25, -0.2) is 0 Å². The standard InChI is InChI=1S/C10H12ClNO3/c11-8-4-6(1-2-9(8)13)3-7(5-12)10(14)15/h1-2,4,7,13H,3,5,12H2,(H,14,15). The van der Waals surface area contributed by atoms with E-state index in [1.54, 1.807) is 12.1 Å². The smallest absolute Gasteiger partial charge is 0.308 e. The molecule has 82 valence electrons. The largest absolute Gasteiger partial charge is 0.506 e. The van der Waals surface area contributed by atoms with E-state index in [0.29, 0.717) is 6.42 Å². The minimum absolute atomic E-state index is 0.0139. The Balaban J connectivity index is 2.80. The molecule has 0 bridgehead atoms. The molecule has 0 aliphatic carbocycles. The van der Waals surface area contributed by atoms with E-state index in [4.69, 9.17) is 22.4 Å². The Morgan fingerprint density at radius 3 is 2.67 bits per heavy atom. The van der Waals surface area contributed by atoms with Crippen LogP contribution in [0.4, 0.5) is 0 Å². The third-order valence-corrected chi connectivity index (χ3v) is 2.43. The van der Waals surface area contributed by atoms with Crippen molar-refractivity contribution in [1.82, 2.24) is 0 Å². The zero-order valence-corrected chi connectivity index (χ0v) is 8.74. The number of phenols is 1. The first-order valence-corrected chi connectivity index (χ1v) is 4.82. The van der Waals surface area contributed by atoms with Crippen molar-refractivity contribution in [3.63, 3.8) is 0 Å². The van der Waals surface area contributed by atoms with Crippen molar-refractivity contribution in [1.29, 1.82) is 0 Å². The van der Waals surface area contributed by atoms with Crippen molar-refractivity contribution in [2.24, 2.45) is 11.7 Å². The molecule has 4 N–H and O–H groups in total. The fraction of sp³-hybridized carbons (Fsp3) is 0.300. The highest BCUT2D eigenvalue weighted by atomic mass is 35.5. The lowest BCUT2D eigenvalue weighted by Gasteiger charge is -2.09. The van der Waals surface area contributed by atoms with Crippen molar-refractivity contribution in [2.75, 3.05) is 6.54 Å². The topological polar surface area (TPSA) is 83.5 Å². The Bertz CT molecular complexity index is 368. The van der Waals surface area contributed by atoms with Gasteiger partial charge in [-0.1, -0.05) is 17.7 Å². The molecule has 0 aliphatic rings. The van der Waals surface area contributed by atoms with E-state index in [2.05, 4.69) is 0 Å². The van der Waals surface area contributed by atoms with Gasteiger partial charge in [-0.3, -0.25) is 4.79 Å². The normalized spacial score (nSPS) is 12.4. The molecule has 15 heavy (non-hydrogen) atoms. The van der Waals surface area contributed by atoms with Gasteiger partial charge in [0.15, 0.2) is 0 Å². The Labute approximate surface area is 92.3 Å². The van der Waals surface area contributed by atoms with E-state index >= 15 is 0 Å². The second-order valence-corrected chi connectivity index (χ2v) is 3.67. The summed E-state index contributed by atoms with van der Waals surface area (Å²) in [6.07, 6.45) is 0.311. The number of carboxylic acids is 1. The molecule has 1 rings (SSSR count). The molecular formula is C10H12ClNO3. The number of carboxylic acid groups (broad SMARTS) is 1. The summed E-state index contributed by atoms with van der Waals surface area (Å²) in [4.78, 5) is 10.7. The summed E-state index contributed by atoms with van der Waals surface area (Å²) in [6, 6.07) is 4.61. The third-order valence-electron chi connectivity index (χ3n) is 2.13. The molecule has 0 radical (unpaired) electrons. The zero-order valence-electron chi connectivity index (χ0n) is 7.98. The maximum atomic E-state index is 10.7. The average molecular weight is 230 g/mol. The lowest BCUT2D eigenvalue weighted by molar-refractivity contribution is -0.141. The molecule has 0 heterocycles. The number of rotatable bonds is 4. The number of benzene rings is 1. The molecule has 0 saturated heterocycles. The van der Waals surface area contributed by atoms with E-state index in [0.717, 1.165) is 5.56 Å². The minimum Gasteiger partial charge on any atom is -0.506 e. The van der Waals surface area contributed by atoms with Gasteiger partial charge in [0.05, 0.1) is 10.9 Å². The molecular weight excluding hydrogens is 218 g/mol. The fourth-order valence-corrected chi connectivity index (χ4v) is 1.44. The lowest BCUT2D eigenvalue weighted by Crippen LogP contribution is -2.25. The van der Waals surface area contributed by atoms with Crippen LogP contribution in [0.15, 0.2) is 18.2 Å². The van der Waals surface area contributed by atoms with Crippen LogP contribution >= 0.6 is 11.6 Å². The Kier molecular flexibility index (Phi) is 3.94. The van der Waals surface area contributed by atoms with Crippen LogP contribution in [-0.4, -0.2) is 22.7 Å². The molecule has 0 saturated carbocycles. The van der Waals surface area contributed by atoms with Crippen LogP contribution in [0, 0.1) is 5.92 Å². The van der Waals surface area contributed by atoms with Crippen molar-refractivity contribution in [3.05, 3.63) is 28.8 Å². The van der Waals surface area contributed by atoms with Gasteiger partial charge >= 0.3 is 5.97 Å². The van der Waals surface area contributed by atoms with E-state index in [-0.39, 0.29) is 17.3 Å². The summed E-state index contributed by atoms with van der Waals surface area (Å²) < 4.78 is 0. The number of halogens is 1. The van der Waals surface area contributed by atoms with Crippen LogP contribution in [-0.2, 0) is 11.2 Å². The molecule has 1 atom stereocenters. The Hall–Kier alpha value is -1.26. The first-order valence-electron chi connectivity index (χ1n) is 4.45. The molecule has 0 fully saturated rings. The first-order chi connectivity index (χ1) is 7.04. The summed E-state index contributed by atoms with van der Waals surface area (Å²) in [5, 5.41) is 18.2. The monoisotopic (exact) mass is 229 g/mol. The van der Waals surface area contributed by atoms with Crippen LogP contribution in [0.3, 0.4) is 0 Å². The average Bonchev–Trinajstić information content (AvgIpc) is 2.19. The molecule has 4 nitrogen and oxygen atoms in total. The number of aromatic hydroxyl groups is 1. The number of nitrogens with two attached hydrogens (primary N) is 1. The number of carbonyl (C=O) groups is 1. The quantitative estimate of drug-likeness (QED) is 0.726. The van der Waals surface area contributed by atoms with Crippen LogP contribution in [0.2, 0.25) is 5.02 Å². The molecule has 1 aromatic carbocycles. The number of hydrogen-bond acceptors (Lipinski definition) is 3. The molecule has 1 unspecified atom stereocenters. The minimum atomic E-state index is -0.929. The van der Waals surface area contributed by atoms with E-state index in [1.165, 1.54) is 6.07 Å². The predicted octanol–water partition coefficient (Wildman–Crippen LogP) is 1.25. The molecule has 1 aromatic rings. The van der Waals surface area contributed by atoms with E-state index in [9.17, 15) is 9.90 Å². The summed E-state index contributed by atoms with van der Waals surface area (Å²) in [5.74, 6) is -1.56. The van der Waals surface area contributed by atoms with Crippen LogP contribution in [0.5, 0.6) is 5.75 Å². The number of hydrogen-bond donors (Lipinski definition) is 3. The number of aliphatic carboxylic acids is 1. The highest BCUT2D eigenvalue weighted by Gasteiger charge is 2.16. The van der Waals surface area contributed by atoms with E-state index in [1.807, 2.05) is 0 Å². The Morgan fingerprint density at radius 2 is 2.20 bits per heavy atom. The van der Waals surface area contributed by atoms with Crippen molar-refractivity contribution in [3.8, 4) is 5.75 Å². The van der Waals surface area contributed by atoms with Gasteiger partial charge < -0.3 is 15.9 Å². The van der Waals surface area contributed by atoms with Crippen molar-refractivity contribution >= 4 is 17.6 Å². The third kappa shape index (κ3) is 3.11. The van der Waals surface area contributed by atoms with Gasteiger partial charge in [-0.05, 0) is 24.1 Å². The zero-order chi connectivity index (χ0) is 11.4. The SMILES string of the molecule is NCC(Cc1ccc(O)c(Cl)c1)C(=O)O. The molecule has 5 heteroatoms. The van der Waals surface area contributed by atoms with Gasteiger partial charge in [0.2, 0.25) is 0 Å². The predicted molar refractivity (Wildman–Crippen MR) is 57.0 cm³/mol. The van der Waals surface area contributed by atoms with Gasteiger partial charge in [0.1, 0.15) is 5.75 Å². The maximum Gasteiger partial charge on any atom is 0.308 e. The molecule has 0 aliphatic heterocycles. The second-order valence-electron chi connectivity index (χ2n) is 3.26. The van der Waals surface area contributed by atoms with Crippen LogP contribution < -0.4 is 5.73 Å². The lowest BCUT2D eigenvalue weighted by atomic mass is 9.99. The van der Waals surface area contributed by atoms with Crippen molar-refractivity contribution < 1.29 is 15.0 Å². The Morgan fingerprint density at radius 1 is 1.53 bits per heavy atom. The number of phenolic OH excluding ortho intramolecular Hbond substituents is 1. The van der Waals surface area contributed by atoms with E-state index < -0.39 is 11.9 Å². The second kappa shape index (κ2) is 5.00. The summed E-state index contributed by atoms with van der Waals surface area (Å²) in [7, 11) is 0. The fourth-order valence-electron chi connectivity index (χ4n) is 1.23. The summed E-state index contributed by atoms with van der Waals surface area (Å²) >= 11 is 5.69. The maximum absolute atomic E-state index is 10.7.